The normalized spacial score (nSPS) is 14.8. The summed E-state index contributed by atoms with van der Waals surface area (Å²) in [6.07, 6.45) is 2.36. The number of thioether (sulfide) groups is 1. The zero-order chi connectivity index (χ0) is 12.0. The van der Waals surface area contributed by atoms with Crippen LogP contribution in [0.25, 0.3) is 0 Å². The Hall–Kier alpha value is -0.470. The van der Waals surface area contributed by atoms with Crippen molar-refractivity contribution < 1.29 is 0 Å². The van der Waals surface area contributed by atoms with Crippen LogP contribution in [0.3, 0.4) is 0 Å². The highest BCUT2D eigenvalue weighted by molar-refractivity contribution is 7.99. The molecule has 1 rings (SSSR count). The fraction of sp³-hybridized carbons (Fsp3) is 0.571. The van der Waals surface area contributed by atoms with Crippen molar-refractivity contribution in [1.82, 2.24) is 0 Å². The second-order valence-electron chi connectivity index (χ2n) is 4.59. The molecule has 0 aliphatic rings. The number of aryl methyl sites for hydroxylation is 1. The van der Waals surface area contributed by atoms with Crippen LogP contribution in [-0.2, 0) is 0 Å². The molecule has 2 unspecified atom stereocenters. The molecule has 1 nitrogen and oxygen atoms in total. The summed E-state index contributed by atoms with van der Waals surface area (Å²) < 4.78 is 0. The van der Waals surface area contributed by atoms with Crippen molar-refractivity contribution >= 4 is 11.8 Å². The van der Waals surface area contributed by atoms with Crippen LogP contribution in [0.1, 0.15) is 32.3 Å². The first kappa shape index (κ1) is 13.6. The van der Waals surface area contributed by atoms with Crippen molar-refractivity contribution in [1.29, 1.82) is 0 Å². The van der Waals surface area contributed by atoms with Gasteiger partial charge in [-0.05, 0) is 30.9 Å². The second-order valence-corrected chi connectivity index (χ2v) is 5.65. The highest BCUT2D eigenvalue weighted by atomic mass is 32.2. The van der Waals surface area contributed by atoms with Gasteiger partial charge in [0, 0.05) is 16.7 Å². The lowest BCUT2D eigenvalue weighted by atomic mass is 10.0. The summed E-state index contributed by atoms with van der Waals surface area (Å²) in [5.74, 6) is 1.77. The molecule has 0 spiro atoms. The Morgan fingerprint density at radius 1 is 1.31 bits per heavy atom. The van der Waals surface area contributed by atoms with Crippen molar-refractivity contribution in [2.75, 3.05) is 5.75 Å². The monoisotopic (exact) mass is 237 g/mol. The van der Waals surface area contributed by atoms with Gasteiger partial charge in [-0.25, -0.2) is 0 Å². The number of nitrogens with two attached hydrogens (primary N) is 1. The van der Waals surface area contributed by atoms with E-state index < -0.39 is 0 Å². The molecule has 2 atom stereocenters. The first-order valence-electron chi connectivity index (χ1n) is 6.07. The Kier molecular flexibility index (Phi) is 5.93. The van der Waals surface area contributed by atoms with Crippen LogP contribution in [-0.4, -0.2) is 11.8 Å². The minimum absolute atomic E-state index is 0.319. The molecule has 2 heteroatoms. The maximum Gasteiger partial charge on any atom is 0.0136 e. The lowest BCUT2D eigenvalue weighted by molar-refractivity contribution is 0.472. The number of hydrogen-bond donors (Lipinski definition) is 1. The van der Waals surface area contributed by atoms with Gasteiger partial charge in [-0.3, -0.25) is 0 Å². The molecule has 0 saturated carbocycles. The van der Waals surface area contributed by atoms with E-state index in [-0.39, 0.29) is 0 Å². The van der Waals surface area contributed by atoms with Gasteiger partial charge in [-0.1, -0.05) is 38.5 Å². The fourth-order valence-corrected chi connectivity index (χ4v) is 2.67. The molecule has 1 aromatic carbocycles. The Morgan fingerprint density at radius 3 is 2.62 bits per heavy atom. The minimum atomic E-state index is 0.319. The quantitative estimate of drug-likeness (QED) is 0.761. The van der Waals surface area contributed by atoms with E-state index in [0.717, 1.165) is 18.1 Å². The molecule has 0 saturated heterocycles. The van der Waals surface area contributed by atoms with E-state index in [4.69, 9.17) is 5.73 Å². The second kappa shape index (κ2) is 6.97. The van der Waals surface area contributed by atoms with Crippen LogP contribution in [0.2, 0.25) is 0 Å². The third-order valence-electron chi connectivity index (χ3n) is 2.95. The van der Waals surface area contributed by atoms with Gasteiger partial charge in [-0.2, -0.15) is 0 Å². The van der Waals surface area contributed by atoms with E-state index in [9.17, 15) is 0 Å². The largest absolute Gasteiger partial charge is 0.327 e. The Balaban J connectivity index is 2.37. The van der Waals surface area contributed by atoms with Crippen LogP contribution >= 0.6 is 11.8 Å². The van der Waals surface area contributed by atoms with Gasteiger partial charge in [0.1, 0.15) is 0 Å². The van der Waals surface area contributed by atoms with Crippen molar-refractivity contribution in [3.8, 4) is 0 Å². The summed E-state index contributed by atoms with van der Waals surface area (Å²) in [6.45, 7) is 6.66. The van der Waals surface area contributed by atoms with Crippen molar-refractivity contribution in [3.05, 3.63) is 29.8 Å². The molecule has 0 radical (unpaired) electrons. The Morgan fingerprint density at radius 2 is 2.00 bits per heavy atom. The van der Waals surface area contributed by atoms with Crippen LogP contribution in [0.15, 0.2) is 29.2 Å². The fourth-order valence-electron chi connectivity index (χ4n) is 1.67. The van der Waals surface area contributed by atoms with E-state index in [2.05, 4.69) is 45.0 Å². The van der Waals surface area contributed by atoms with E-state index in [1.54, 1.807) is 0 Å². The van der Waals surface area contributed by atoms with Gasteiger partial charge in [0.05, 0.1) is 0 Å². The highest BCUT2D eigenvalue weighted by Gasteiger charge is 2.08. The van der Waals surface area contributed by atoms with Crippen LogP contribution in [0.5, 0.6) is 0 Å². The summed E-state index contributed by atoms with van der Waals surface area (Å²) in [5.41, 5.74) is 7.48. The third-order valence-corrected chi connectivity index (χ3v) is 4.31. The average molecular weight is 237 g/mol. The zero-order valence-electron chi connectivity index (χ0n) is 10.6. The van der Waals surface area contributed by atoms with E-state index in [0.29, 0.717) is 6.04 Å². The molecule has 0 bridgehead atoms. The molecule has 0 aliphatic carbocycles. The van der Waals surface area contributed by atoms with Gasteiger partial charge >= 0.3 is 0 Å². The molecule has 0 aromatic heterocycles. The minimum Gasteiger partial charge on any atom is -0.327 e. The maximum absolute atomic E-state index is 6.13. The molecule has 0 fully saturated rings. The standard InChI is InChI=1S/C14H23NS/c1-4-11(2)9-13(15)10-16-14-8-6-5-7-12(14)3/h5-8,11,13H,4,9-10,15H2,1-3H3. The smallest absolute Gasteiger partial charge is 0.0136 e. The molecule has 16 heavy (non-hydrogen) atoms. The van der Waals surface area contributed by atoms with E-state index in [1.807, 2.05) is 11.8 Å². The lowest BCUT2D eigenvalue weighted by Crippen LogP contribution is -2.25. The van der Waals surface area contributed by atoms with Crippen molar-refractivity contribution in [2.24, 2.45) is 11.7 Å². The van der Waals surface area contributed by atoms with Gasteiger partial charge in [-0.15, -0.1) is 11.8 Å². The van der Waals surface area contributed by atoms with Crippen LogP contribution in [0, 0.1) is 12.8 Å². The lowest BCUT2D eigenvalue weighted by Gasteiger charge is -2.16. The predicted octanol–water partition coefficient (Wildman–Crippen LogP) is 3.85. The molecule has 1 aromatic rings. The molecule has 0 aliphatic heterocycles. The van der Waals surface area contributed by atoms with Crippen LogP contribution < -0.4 is 5.73 Å². The highest BCUT2D eigenvalue weighted by Crippen LogP contribution is 2.23. The summed E-state index contributed by atoms with van der Waals surface area (Å²) in [5, 5.41) is 0. The van der Waals surface area contributed by atoms with Crippen LogP contribution in [0.4, 0.5) is 0 Å². The SMILES string of the molecule is CCC(C)CC(N)CSc1ccccc1C. The zero-order valence-corrected chi connectivity index (χ0v) is 11.4. The van der Waals surface area contributed by atoms with E-state index >= 15 is 0 Å². The first-order chi connectivity index (χ1) is 7.63. The molecular formula is C14H23NS. The van der Waals surface area contributed by atoms with Gasteiger partial charge in [0.15, 0.2) is 0 Å². The van der Waals surface area contributed by atoms with Gasteiger partial charge in [0.2, 0.25) is 0 Å². The van der Waals surface area contributed by atoms with Crippen molar-refractivity contribution in [2.45, 2.75) is 44.6 Å². The summed E-state index contributed by atoms with van der Waals surface area (Å²) >= 11 is 1.88. The van der Waals surface area contributed by atoms with Gasteiger partial charge < -0.3 is 5.73 Å². The molecule has 2 N–H and O–H groups in total. The van der Waals surface area contributed by atoms with Gasteiger partial charge in [0.25, 0.3) is 0 Å². The summed E-state index contributed by atoms with van der Waals surface area (Å²) in [7, 11) is 0. The Bertz CT molecular complexity index is 311. The molecular weight excluding hydrogens is 214 g/mol. The molecule has 90 valence electrons. The maximum atomic E-state index is 6.13. The van der Waals surface area contributed by atoms with Crippen molar-refractivity contribution in [3.63, 3.8) is 0 Å². The number of rotatable bonds is 6. The number of hydrogen-bond acceptors (Lipinski definition) is 2. The molecule has 0 amide bonds. The van der Waals surface area contributed by atoms with E-state index in [1.165, 1.54) is 16.9 Å². The summed E-state index contributed by atoms with van der Waals surface area (Å²) in [4.78, 5) is 1.36. The summed E-state index contributed by atoms with van der Waals surface area (Å²) in [6, 6.07) is 8.83. The first-order valence-corrected chi connectivity index (χ1v) is 7.06. The third kappa shape index (κ3) is 4.58. The topological polar surface area (TPSA) is 26.0 Å². The Labute approximate surface area is 104 Å². The average Bonchev–Trinajstić information content (AvgIpc) is 2.28. The molecule has 0 heterocycles. The number of benzene rings is 1. The predicted molar refractivity (Wildman–Crippen MR) is 74.0 cm³/mol.